The molecule has 4 heterocycles. The van der Waals surface area contributed by atoms with Crippen LogP contribution in [0.2, 0.25) is 0 Å². The molecule has 1 N–H and O–H groups in total. The van der Waals surface area contributed by atoms with Gasteiger partial charge in [-0.15, -0.1) is 0 Å². The van der Waals surface area contributed by atoms with Crippen LogP contribution < -0.4 is 10.2 Å². The standard InChI is InChI=1S/C28H37N5S/c1-31(26-11-2-6-20-8-5-13-29-28(20)26)18-22-16-24-21(17-30-22)7-3-10-25(24)32-14-15-33-23(19-32)9-4-12-27(33)34/h3,5,7-8,10,13,22-23,26,30H,2,4,6,9,11-12,14-19H2,1H3/t22-,23-,26+/m1/s1. The molecule has 0 amide bonds. The molecule has 4 aliphatic rings. The molecule has 0 spiro atoms. The second-order valence-electron chi connectivity index (χ2n) is 10.7. The molecule has 5 nitrogen and oxygen atoms in total. The van der Waals surface area contributed by atoms with E-state index in [0.29, 0.717) is 18.1 Å². The molecule has 0 radical (unpaired) electrons. The largest absolute Gasteiger partial charge is 0.367 e. The number of aryl methyl sites for hydroxylation is 1. The molecule has 34 heavy (non-hydrogen) atoms. The molecule has 1 aliphatic carbocycles. The van der Waals surface area contributed by atoms with E-state index in [1.807, 2.05) is 6.20 Å². The number of nitrogens with zero attached hydrogens (tertiary/aromatic N) is 4. The van der Waals surface area contributed by atoms with Gasteiger partial charge in [0.15, 0.2) is 0 Å². The van der Waals surface area contributed by atoms with Crippen LogP contribution >= 0.6 is 12.2 Å². The molecule has 2 aromatic rings. The molecular formula is C28H37N5S. The Hall–Kier alpha value is -2.02. The van der Waals surface area contributed by atoms with E-state index in [9.17, 15) is 0 Å². The highest BCUT2D eigenvalue weighted by Gasteiger charge is 2.33. The Kier molecular flexibility index (Phi) is 6.31. The lowest BCUT2D eigenvalue weighted by Gasteiger charge is -2.47. The molecule has 0 bridgehead atoms. The van der Waals surface area contributed by atoms with Gasteiger partial charge in [-0.2, -0.15) is 0 Å². The fourth-order valence-electron chi connectivity index (χ4n) is 6.79. The summed E-state index contributed by atoms with van der Waals surface area (Å²) in [5, 5.41) is 3.84. The summed E-state index contributed by atoms with van der Waals surface area (Å²) >= 11 is 5.68. The van der Waals surface area contributed by atoms with Gasteiger partial charge >= 0.3 is 0 Å². The molecule has 0 unspecified atom stereocenters. The maximum absolute atomic E-state index is 5.68. The predicted octanol–water partition coefficient (Wildman–Crippen LogP) is 4.11. The van der Waals surface area contributed by atoms with Crippen molar-refractivity contribution in [3.8, 4) is 0 Å². The van der Waals surface area contributed by atoms with Crippen LogP contribution in [-0.2, 0) is 19.4 Å². The highest BCUT2D eigenvalue weighted by Crippen LogP contribution is 2.34. The number of thiocarbonyl (C=S) groups is 1. The minimum atomic E-state index is 0.437. The maximum atomic E-state index is 5.68. The second-order valence-corrected chi connectivity index (χ2v) is 11.1. The molecule has 3 aliphatic heterocycles. The van der Waals surface area contributed by atoms with Gasteiger partial charge in [0.25, 0.3) is 0 Å². The lowest BCUT2D eigenvalue weighted by molar-refractivity contribution is 0.190. The van der Waals surface area contributed by atoms with Crippen molar-refractivity contribution in [2.24, 2.45) is 0 Å². The Morgan fingerprint density at radius 3 is 2.91 bits per heavy atom. The number of fused-ring (bicyclic) bond motifs is 3. The topological polar surface area (TPSA) is 34.6 Å². The van der Waals surface area contributed by atoms with Crippen LogP contribution in [0, 0.1) is 0 Å². The van der Waals surface area contributed by atoms with Crippen molar-refractivity contribution in [1.29, 1.82) is 0 Å². The first kappa shape index (κ1) is 22.4. The fourth-order valence-corrected chi connectivity index (χ4v) is 7.18. The Bertz CT molecular complexity index is 1050. The zero-order chi connectivity index (χ0) is 23.1. The number of nitrogens with one attached hydrogen (secondary N) is 1. The molecule has 3 atom stereocenters. The van der Waals surface area contributed by atoms with Crippen LogP contribution in [0.15, 0.2) is 36.5 Å². The smallest absolute Gasteiger partial charge is 0.0783 e. The number of likely N-dealkylation sites (N-methyl/N-ethyl adjacent to an activating group) is 1. The summed E-state index contributed by atoms with van der Waals surface area (Å²) in [6.07, 6.45) is 10.3. The molecule has 2 fully saturated rings. The Balaban J connectivity index is 1.17. The van der Waals surface area contributed by atoms with Crippen LogP contribution in [0.3, 0.4) is 0 Å². The minimum Gasteiger partial charge on any atom is -0.367 e. The highest BCUT2D eigenvalue weighted by atomic mass is 32.1. The van der Waals surface area contributed by atoms with Crippen LogP contribution in [0.1, 0.15) is 60.5 Å². The number of pyridine rings is 1. The molecule has 2 saturated heterocycles. The average Bonchev–Trinajstić information content (AvgIpc) is 2.88. The number of benzene rings is 1. The predicted molar refractivity (Wildman–Crippen MR) is 142 cm³/mol. The van der Waals surface area contributed by atoms with Crippen molar-refractivity contribution in [2.45, 2.75) is 69.6 Å². The van der Waals surface area contributed by atoms with E-state index in [0.717, 1.165) is 45.6 Å². The van der Waals surface area contributed by atoms with Crippen LogP contribution in [0.4, 0.5) is 5.69 Å². The summed E-state index contributed by atoms with van der Waals surface area (Å²) < 4.78 is 0. The third kappa shape index (κ3) is 4.25. The number of aromatic nitrogens is 1. The van der Waals surface area contributed by atoms with E-state index in [1.165, 1.54) is 59.6 Å². The van der Waals surface area contributed by atoms with Crippen molar-refractivity contribution < 1.29 is 0 Å². The van der Waals surface area contributed by atoms with Gasteiger partial charge in [0.1, 0.15) is 0 Å². The second kappa shape index (κ2) is 9.56. The SMILES string of the molecule is CN(C[C@H]1Cc2c(cccc2N2CCN3C(=S)CCC[C@@H]3C2)CN1)[C@H]1CCCc2cccnc21. The van der Waals surface area contributed by atoms with Gasteiger partial charge < -0.3 is 15.1 Å². The summed E-state index contributed by atoms with van der Waals surface area (Å²) in [4.78, 5) is 13.7. The van der Waals surface area contributed by atoms with Gasteiger partial charge in [-0.25, -0.2) is 0 Å². The molecule has 180 valence electrons. The van der Waals surface area contributed by atoms with E-state index in [-0.39, 0.29) is 0 Å². The maximum Gasteiger partial charge on any atom is 0.0783 e. The quantitative estimate of drug-likeness (QED) is 0.671. The Labute approximate surface area is 209 Å². The minimum absolute atomic E-state index is 0.437. The van der Waals surface area contributed by atoms with E-state index in [2.05, 4.69) is 57.4 Å². The normalized spacial score (nSPS) is 26.8. The van der Waals surface area contributed by atoms with E-state index in [4.69, 9.17) is 17.2 Å². The molecule has 6 rings (SSSR count). The van der Waals surface area contributed by atoms with Gasteiger partial charge in [0.05, 0.1) is 16.7 Å². The molecule has 0 saturated carbocycles. The van der Waals surface area contributed by atoms with Crippen molar-refractivity contribution in [3.05, 3.63) is 58.9 Å². The molecular weight excluding hydrogens is 438 g/mol. The number of rotatable bonds is 4. The average molecular weight is 476 g/mol. The van der Waals surface area contributed by atoms with Gasteiger partial charge in [0.2, 0.25) is 0 Å². The summed E-state index contributed by atoms with van der Waals surface area (Å²) in [6.45, 7) is 5.29. The summed E-state index contributed by atoms with van der Waals surface area (Å²) in [5.41, 5.74) is 7.25. The first-order valence-electron chi connectivity index (χ1n) is 13.2. The van der Waals surface area contributed by atoms with Gasteiger partial charge in [-0.05, 0) is 80.8 Å². The molecule has 1 aromatic heterocycles. The fraction of sp³-hybridized carbons (Fsp3) is 0.571. The Morgan fingerprint density at radius 1 is 1.09 bits per heavy atom. The number of piperidine rings is 1. The van der Waals surface area contributed by atoms with Gasteiger partial charge in [-0.3, -0.25) is 9.88 Å². The lowest BCUT2D eigenvalue weighted by atomic mass is 9.89. The highest BCUT2D eigenvalue weighted by molar-refractivity contribution is 7.80. The van der Waals surface area contributed by atoms with Gasteiger partial charge in [0, 0.05) is 56.7 Å². The van der Waals surface area contributed by atoms with E-state index >= 15 is 0 Å². The Morgan fingerprint density at radius 2 is 1.97 bits per heavy atom. The monoisotopic (exact) mass is 475 g/mol. The zero-order valence-corrected chi connectivity index (χ0v) is 21.2. The lowest BCUT2D eigenvalue weighted by Crippen LogP contribution is -2.56. The first-order chi connectivity index (χ1) is 16.7. The third-order valence-corrected chi connectivity index (χ3v) is 9.00. The first-order valence-corrected chi connectivity index (χ1v) is 13.6. The summed E-state index contributed by atoms with van der Waals surface area (Å²) in [7, 11) is 2.29. The van der Waals surface area contributed by atoms with E-state index in [1.54, 1.807) is 5.56 Å². The molecule has 1 aromatic carbocycles. The van der Waals surface area contributed by atoms with Gasteiger partial charge in [-0.1, -0.05) is 30.4 Å². The van der Waals surface area contributed by atoms with Crippen molar-refractivity contribution >= 4 is 22.9 Å². The zero-order valence-electron chi connectivity index (χ0n) is 20.4. The van der Waals surface area contributed by atoms with Crippen LogP contribution in [-0.4, -0.2) is 65.1 Å². The summed E-state index contributed by atoms with van der Waals surface area (Å²) in [6, 6.07) is 12.8. The van der Waals surface area contributed by atoms with Crippen LogP contribution in [0.5, 0.6) is 0 Å². The van der Waals surface area contributed by atoms with E-state index < -0.39 is 0 Å². The number of anilines is 1. The van der Waals surface area contributed by atoms with Crippen LogP contribution in [0.25, 0.3) is 0 Å². The number of piperazine rings is 1. The van der Waals surface area contributed by atoms with Crippen molar-refractivity contribution in [2.75, 3.05) is 38.1 Å². The number of hydrogen-bond acceptors (Lipinski definition) is 5. The summed E-state index contributed by atoms with van der Waals surface area (Å²) in [5.74, 6) is 0. The van der Waals surface area contributed by atoms with Crippen molar-refractivity contribution in [3.63, 3.8) is 0 Å². The van der Waals surface area contributed by atoms with Crippen molar-refractivity contribution in [1.82, 2.24) is 20.1 Å². The number of hydrogen-bond donors (Lipinski definition) is 1. The third-order valence-electron chi connectivity index (χ3n) is 8.56. The molecule has 6 heteroatoms.